The van der Waals surface area contributed by atoms with Crippen LogP contribution in [0.3, 0.4) is 0 Å². The number of amides is 1. The average molecular weight is 463 g/mol. The number of aryl methyl sites for hydroxylation is 1. The van der Waals surface area contributed by atoms with Crippen molar-refractivity contribution < 1.29 is 18.0 Å². The molecule has 1 amide bonds. The molecule has 0 bridgehead atoms. The number of carbonyl (C=O) groups excluding carboxylic acids is 1. The molecule has 0 aliphatic carbocycles. The first-order chi connectivity index (χ1) is 14.7. The summed E-state index contributed by atoms with van der Waals surface area (Å²) in [6, 6.07) is 16.4. The molecule has 0 unspecified atom stereocenters. The fraction of sp³-hybridized carbons (Fsp3) is 0.0952. The number of nitrogens with zero attached hydrogens (tertiary/aromatic N) is 3. The van der Waals surface area contributed by atoms with Gasteiger partial charge >= 0.3 is 6.18 Å². The lowest BCUT2D eigenvalue weighted by molar-refractivity contribution is -0.142. The van der Waals surface area contributed by atoms with Gasteiger partial charge in [0, 0.05) is 26.6 Å². The Morgan fingerprint density at radius 1 is 1.10 bits per heavy atom. The standard InChI is InChI=1S/C21H14ClF3N4OS/c1-12-10-18(21(23,24)25)29-19(26-12)11-16(28-29)20(30)27-15-4-2-3-5-17(15)31-14-8-6-13(22)7-9-14/h2-11H,1H3,(H,27,30). The van der Waals surface area contributed by atoms with Gasteiger partial charge in [-0.05, 0) is 49.4 Å². The van der Waals surface area contributed by atoms with E-state index in [0.717, 1.165) is 15.9 Å². The summed E-state index contributed by atoms with van der Waals surface area (Å²) in [6.07, 6.45) is -4.63. The van der Waals surface area contributed by atoms with Crippen molar-refractivity contribution >= 4 is 40.6 Å². The molecule has 10 heteroatoms. The van der Waals surface area contributed by atoms with Crippen LogP contribution in [-0.2, 0) is 6.18 Å². The quantitative estimate of drug-likeness (QED) is 0.397. The molecular weight excluding hydrogens is 449 g/mol. The maximum Gasteiger partial charge on any atom is 0.433 e. The smallest absolute Gasteiger partial charge is 0.320 e. The van der Waals surface area contributed by atoms with Crippen molar-refractivity contribution in [3.8, 4) is 0 Å². The van der Waals surface area contributed by atoms with Gasteiger partial charge < -0.3 is 5.32 Å². The molecule has 0 saturated carbocycles. The van der Waals surface area contributed by atoms with Crippen LogP contribution in [0.5, 0.6) is 0 Å². The molecule has 0 radical (unpaired) electrons. The van der Waals surface area contributed by atoms with Gasteiger partial charge in [0.2, 0.25) is 0 Å². The molecule has 5 nitrogen and oxygen atoms in total. The molecule has 2 aromatic heterocycles. The van der Waals surface area contributed by atoms with Crippen LogP contribution in [0.4, 0.5) is 18.9 Å². The summed E-state index contributed by atoms with van der Waals surface area (Å²) in [4.78, 5) is 18.5. The third-order valence-electron chi connectivity index (χ3n) is 4.26. The van der Waals surface area contributed by atoms with Crippen LogP contribution in [0, 0.1) is 6.92 Å². The minimum absolute atomic E-state index is 0.0544. The molecule has 0 aliphatic heterocycles. The third kappa shape index (κ3) is 4.67. The molecule has 0 spiro atoms. The van der Waals surface area contributed by atoms with Crippen molar-refractivity contribution in [3.63, 3.8) is 0 Å². The number of benzene rings is 2. The minimum Gasteiger partial charge on any atom is -0.320 e. The number of carbonyl (C=O) groups is 1. The predicted octanol–water partition coefficient (Wildman–Crippen LogP) is 6.11. The molecule has 158 valence electrons. The monoisotopic (exact) mass is 462 g/mol. The van der Waals surface area contributed by atoms with E-state index in [1.54, 1.807) is 24.3 Å². The number of para-hydroxylation sites is 1. The van der Waals surface area contributed by atoms with Crippen LogP contribution in [0.2, 0.25) is 5.02 Å². The van der Waals surface area contributed by atoms with E-state index in [4.69, 9.17) is 11.6 Å². The van der Waals surface area contributed by atoms with E-state index in [2.05, 4.69) is 15.4 Å². The molecule has 4 aromatic rings. The third-order valence-corrected chi connectivity index (χ3v) is 5.59. The summed E-state index contributed by atoms with van der Waals surface area (Å²) in [5.74, 6) is -0.638. The van der Waals surface area contributed by atoms with Crippen LogP contribution >= 0.6 is 23.4 Å². The number of rotatable bonds is 4. The highest BCUT2D eigenvalue weighted by Gasteiger charge is 2.35. The van der Waals surface area contributed by atoms with E-state index in [0.29, 0.717) is 15.2 Å². The zero-order valence-corrected chi connectivity index (χ0v) is 17.5. The van der Waals surface area contributed by atoms with Crippen molar-refractivity contribution in [2.24, 2.45) is 0 Å². The van der Waals surface area contributed by atoms with Crippen molar-refractivity contribution in [2.45, 2.75) is 22.9 Å². The lowest BCUT2D eigenvalue weighted by atomic mass is 10.3. The van der Waals surface area contributed by atoms with Gasteiger partial charge in [0.15, 0.2) is 11.3 Å². The van der Waals surface area contributed by atoms with E-state index in [9.17, 15) is 18.0 Å². The van der Waals surface area contributed by atoms with Crippen molar-refractivity contribution in [1.29, 1.82) is 0 Å². The lowest BCUT2D eigenvalue weighted by Gasteiger charge is -2.10. The van der Waals surface area contributed by atoms with Crippen LogP contribution in [0.15, 0.2) is 70.5 Å². The highest BCUT2D eigenvalue weighted by molar-refractivity contribution is 7.99. The first-order valence-electron chi connectivity index (χ1n) is 8.99. The van der Waals surface area contributed by atoms with Gasteiger partial charge in [-0.3, -0.25) is 4.79 Å². The van der Waals surface area contributed by atoms with Gasteiger partial charge in [-0.15, -0.1) is 0 Å². The maximum atomic E-state index is 13.3. The molecule has 2 heterocycles. The minimum atomic E-state index is -4.63. The zero-order chi connectivity index (χ0) is 22.2. The maximum absolute atomic E-state index is 13.3. The van der Waals surface area contributed by atoms with E-state index >= 15 is 0 Å². The van der Waals surface area contributed by atoms with E-state index in [-0.39, 0.29) is 17.0 Å². The highest BCUT2D eigenvalue weighted by Crippen LogP contribution is 2.34. The molecule has 4 rings (SSSR count). The van der Waals surface area contributed by atoms with Gasteiger partial charge in [-0.2, -0.15) is 18.3 Å². The average Bonchev–Trinajstić information content (AvgIpc) is 3.13. The summed E-state index contributed by atoms with van der Waals surface area (Å²) in [5, 5.41) is 7.17. The molecule has 0 atom stereocenters. The fourth-order valence-corrected chi connectivity index (χ4v) is 3.92. The topological polar surface area (TPSA) is 59.3 Å². The predicted molar refractivity (Wildman–Crippen MR) is 113 cm³/mol. The van der Waals surface area contributed by atoms with Gasteiger partial charge in [0.1, 0.15) is 5.69 Å². The van der Waals surface area contributed by atoms with Gasteiger partial charge in [0.05, 0.1) is 5.69 Å². The second-order valence-electron chi connectivity index (χ2n) is 6.59. The van der Waals surface area contributed by atoms with Crippen LogP contribution < -0.4 is 5.32 Å². The van der Waals surface area contributed by atoms with Crippen molar-refractivity contribution in [2.75, 3.05) is 5.32 Å². The number of alkyl halides is 3. The molecule has 0 fully saturated rings. The lowest BCUT2D eigenvalue weighted by Crippen LogP contribution is -2.16. The highest BCUT2D eigenvalue weighted by atomic mass is 35.5. The number of halogens is 4. The molecule has 1 N–H and O–H groups in total. The first kappa shape index (κ1) is 21.2. The van der Waals surface area contributed by atoms with Gasteiger partial charge in [0.25, 0.3) is 5.91 Å². The molecule has 31 heavy (non-hydrogen) atoms. The molecule has 0 saturated heterocycles. The Hall–Kier alpha value is -3.04. The summed E-state index contributed by atoms with van der Waals surface area (Å²) in [6.45, 7) is 1.45. The number of anilines is 1. The normalized spacial score (nSPS) is 11.6. The summed E-state index contributed by atoms with van der Waals surface area (Å²) >= 11 is 7.33. The number of fused-ring (bicyclic) bond motifs is 1. The SMILES string of the molecule is Cc1cc(C(F)(F)F)n2nc(C(=O)Nc3ccccc3Sc3ccc(Cl)cc3)cc2n1. The molecule has 0 aliphatic rings. The number of nitrogens with one attached hydrogen (secondary N) is 1. The molecular formula is C21H14ClF3N4OS. The van der Waals surface area contributed by atoms with E-state index < -0.39 is 17.8 Å². The summed E-state index contributed by atoms with van der Waals surface area (Å²) in [7, 11) is 0. The van der Waals surface area contributed by atoms with E-state index in [1.165, 1.54) is 24.8 Å². The number of hydrogen-bond acceptors (Lipinski definition) is 4. The summed E-state index contributed by atoms with van der Waals surface area (Å²) in [5.41, 5.74) is -0.537. The zero-order valence-electron chi connectivity index (χ0n) is 15.9. The Kier molecular flexibility index (Phi) is 5.63. The second kappa shape index (κ2) is 8.24. The van der Waals surface area contributed by atoms with Crippen molar-refractivity contribution in [3.05, 3.63) is 82.8 Å². The Balaban J connectivity index is 1.63. The van der Waals surface area contributed by atoms with Crippen LogP contribution in [0.1, 0.15) is 21.9 Å². The van der Waals surface area contributed by atoms with E-state index in [1.807, 2.05) is 24.3 Å². The first-order valence-corrected chi connectivity index (χ1v) is 10.2. The largest absolute Gasteiger partial charge is 0.433 e. The number of hydrogen-bond donors (Lipinski definition) is 1. The molecule has 2 aromatic carbocycles. The van der Waals surface area contributed by atoms with Gasteiger partial charge in [-0.1, -0.05) is 35.5 Å². The van der Waals surface area contributed by atoms with Crippen LogP contribution in [0.25, 0.3) is 5.65 Å². The Morgan fingerprint density at radius 2 is 1.81 bits per heavy atom. The van der Waals surface area contributed by atoms with Crippen LogP contribution in [-0.4, -0.2) is 20.5 Å². The fourth-order valence-electron chi connectivity index (χ4n) is 2.89. The van der Waals surface area contributed by atoms with Crippen molar-refractivity contribution in [1.82, 2.24) is 14.6 Å². The summed E-state index contributed by atoms with van der Waals surface area (Å²) < 4.78 is 40.7. The second-order valence-corrected chi connectivity index (χ2v) is 8.14. The van der Waals surface area contributed by atoms with Gasteiger partial charge in [-0.25, -0.2) is 9.50 Å². The Morgan fingerprint density at radius 3 is 2.52 bits per heavy atom. The Labute approximate surface area is 184 Å². The Bertz CT molecular complexity index is 1270. The number of aromatic nitrogens is 3.